The van der Waals surface area contributed by atoms with Gasteiger partial charge in [-0.2, -0.15) is 5.10 Å². The maximum Gasteiger partial charge on any atom is 0.168 e. The third-order valence-electron chi connectivity index (χ3n) is 4.81. The Kier molecular flexibility index (Phi) is 4.61. The Bertz CT molecular complexity index is 1290. The number of anilines is 1. The number of hydrogen-bond donors (Lipinski definition) is 1. The zero-order valence-electron chi connectivity index (χ0n) is 15.9. The maximum absolute atomic E-state index is 13.9. The second kappa shape index (κ2) is 7.71. The number of hydrogen-bond acceptors (Lipinski definition) is 5. The molecular formula is C23H17FN6. The number of aromatic nitrogens is 5. The van der Waals surface area contributed by atoms with Crippen molar-refractivity contribution >= 4 is 16.9 Å². The fraction of sp³-hybridized carbons (Fsp3) is 0.0435. The second-order valence-electron chi connectivity index (χ2n) is 6.74. The molecule has 0 spiro atoms. The quantitative estimate of drug-likeness (QED) is 0.472. The summed E-state index contributed by atoms with van der Waals surface area (Å²) in [6.45, 7) is 0. The summed E-state index contributed by atoms with van der Waals surface area (Å²) in [6.07, 6.45) is 4.94. The van der Waals surface area contributed by atoms with Gasteiger partial charge < -0.3 is 5.32 Å². The van der Waals surface area contributed by atoms with Gasteiger partial charge in [-0.25, -0.2) is 19.0 Å². The van der Waals surface area contributed by atoms with Crippen LogP contribution < -0.4 is 5.32 Å². The molecule has 3 heterocycles. The largest absolute Gasteiger partial charge is 0.357 e. The van der Waals surface area contributed by atoms with Gasteiger partial charge in [0.2, 0.25) is 0 Å². The SMILES string of the molecule is Fc1cccc(C(Nc2ncnc3c2cnn3-c2ccccc2)c2ccccn2)c1. The van der Waals surface area contributed by atoms with Crippen molar-refractivity contribution in [2.75, 3.05) is 5.32 Å². The summed E-state index contributed by atoms with van der Waals surface area (Å²) < 4.78 is 15.7. The molecule has 5 rings (SSSR count). The Labute approximate surface area is 172 Å². The van der Waals surface area contributed by atoms with E-state index in [-0.39, 0.29) is 11.9 Å². The molecule has 30 heavy (non-hydrogen) atoms. The molecule has 0 aliphatic carbocycles. The highest BCUT2D eigenvalue weighted by atomic mass is 19.1. The lowest BCUT2D eigenvalue weighted by molar-refractivity contribution is 0.624. The first-order chi connectivity index (χ1) is 14.8. The minimum atomic E-state index is -0.389. The fourth-order valence-electron chi connectivity index (χ4n) is 3.41. The molecule has 0 amide bonds. The van der Waals surface area contributed by atoms with Crippen molar-refractivity contribution in [3.8, 4) is 5.69 Å². The van der Waals surface area contributed by atoms with E-state index in [9.17, 15) is 4.39 Å². The monoisotopic (exact) mass is 396 g/mol. The van der Waals surface area contributed by atoms with E-state index in [1.165, 1.54) is 18.5 Å². The van der Waals surface area contributed by atoms with Gasteiger partial charge in [0.25, 0.3) is 0 Å². The van der Waals surface area contributed by atoms with Crippen LogP contribution >= 0.6 is 0 Å². The third kappa shape index (κ3) is 3.37. The summed E-state index contributed by atoms with van der Waals surface area (Å²) in [5, 5.41) is 8.67. The van der Waals surface area contributed by atoms with E-state index in [1.807, 2.05) is 54.6 Å². The lowest BCUT2D eigenvalue weighted by Crippen LogP contribution is -2.15. The van der Waals surface area contributed by atoms with Gasteiger partial charge in [-0.05, 0) is 42.0 Å². The van der Waals surface area contributed by atoms with Crippen molar-refractivity contribution in [3.05, 3.63) is 109 Å². The van der Waals surface area contributed by atoms with Gasteiger partial charge in [0.1, 0.15) is 18.0 Å². The molecule has 0 aliphatic heterocycles. The van der Waals surface area contributed by atoms with E-state index in [2.05, 4.69) is 25.4 Å². The molecule has 2 aromatic carbocycles. The summed E-state index contributed by atoms with van der Waals surface area (Å²) in [4.78, 5) is 13.3. The highest BCUT2D eigenvalue weighted by molar-refractivity contribution is 5.87. The zero-order valence-corrected chi connectivity index (χ0v) is 15.9. The summed E-state index contributed by atoms with van der Waals surface area (Å²) in [5.41, 5.74) is 3.09. The first-order valence-electron chi connectivity index (χ1n) is 9.47. The molecule has 0 aliphatic rings. The number of pyridine rings is 1. The van der Waals surface area contributed by atoms with E-state index in [4.69, 9.17) is 0 Å². The standard InChI is InChI=1S/C23H17FN6/c24-17-8-6-7-16(13-17)21(20-11-4-5-12-25-20)29-22-19-14-28-30(23(19)27-15-26-22)18-9-2-1-3-10-18/h1-15,21H,(H,26,27,29). The van der Waals surface area contributed by atoms with Crippen molar-refractivity contribution < 1.29 is 4.39 Å². The van der Waals surface area contributed by atoms with E-state index in [0.717, 1.165) is 22.3 Å². The molecule has 0 fully saturated rings. The lowest BCUT2D eigenvalue weighted by atomic mass is 10.0. The van der Waals surface area contributed by atoms with E-state index in [0.29, 0.717) is 11.5 Å². The van der Waals surface area contributed by atoms with Gasteiger partial charge in [-0.3, -0.25) is 4.98 Å². The summed E-state index contributed by atoms with van der Waals surface area (Å²) >= 11 is 0. The van der Waals surface area contributed by atoms with Gasteiger partial charge in [0.15, 0.2) is 5.65 Å². The minimum Gasteiger partial charge on any atom is -0.357 e. The molecule has 0 saturated carbocycles. The number of halogens is 1. The molecule has 0 radical (unpaired) electrons. The normalized spacial score (nSPS) is 12.0. The molecule has 7 heteroatoms. The van der Waals surface area contributed by atoms with Crippen LogP contribution in [0.15, 0.2) is 91.5 Å². The minimum absolute atomic E-state index is 0.306. The summed E-state index contributed by atoms with van der Waals surface area (Å²) in [5.74, 6) is 0.294. The number of para-hydroxylation sites is 1. The van der Waals surface area contributed by atoms with Crippen LogP contribution in [0.2, 0.25) is 0 Å². The number of benzene rings is 2. The van der Waals surface area contributed by atoms with Crippen LogP contribution in [-0.2, 0) is 0 Å². The highest BCUT2D eigenvalue weighted by Gasteiger charge is 2.19. The Hall–Kier alpha value is -4.13. The molecule has 5 aromatic rings. The number of nitrogens with one attached hydrogen (secondary N) is 1. The van der Waals surface area contributed by atoms with Crippen molar-refractivity contribution in [3.63, 3.8) is 0 Å². The number of fused-ring (bicyclic) bond motifs is 1. The first-order valence-corrected chi connectivity index (χ1v) is 9.47. The van der Waals surface area contributed by atoms with Crippen LogP contribution in [0.25, 0.3) is 16.7 Å². The smallest absolute Gasteiger partial charge is 0.168 e. The number of nitrogens with zero attached hydrogens (tertiary/aromatic N) is 5. The lowest BCUT2D eigenvalue weighted by Gasteiger charge is -2.20. The molecule has 6 nitrogen and oxygen atoms in total. The van der Waals surface area contributed by atoms with Crippen molar-refractivity contribution in [2.24, 2.45) is 0 Å². The van der Waals surface area contributed by atoms with Gasteiger partial charge in [0, 0.05) is 6.20 Å². The van der Waals surface area contributed by atoms with E-state index >= 15 is 0 Å². The molecular weight excluding hydrogens is 379 g/mol. The summed E-state index contributed by atoms with van der Waals surface area (Å²) in [7, 11) is 0. The zero-order chi connectivity index (χ0) is 20.3. The van der Waals surface area contributed by atoms with Crippen molar-refractivity contribution in [1.29, 1.82) is 0 Å². The highest BCUT2D eigenvalue weighted by Crippen LogP contribution is 2.29. The van der Waals surface area contributed by atoms with Crippen LogP contribution in [0.5, 0.6) is 0 Å². The van der Waals surface area contributed by atoms with Crippen LogP contribution in [0, 0.1) is 5.82 Å². The Morgan fingerprint density at radius 3 is 2.53 bits per heavy atom. The van der Waals surface area contributed by atoms with E-state index < -0.39 is 0 Å². The van der Waals surface area contributed by atoms with Crippen LogP contribution in [0.1, 0.15) is 17.3 Å². The van der Waals surface area contributed by atoms with Crippen LogP contribution in [0.3, 0.4) is 0 Å². The predicted molar refractivity (Wildman–Crippen MR) is 113 cm³/mol. The van der Waals surface area contributed by atoms with Crippen LogP contribution in [0.4, 0.5) is 10.2 Å². The first kappa shape index (κ1) is 17.9. The molecule has 146 valence electrons. The Morgan fingerprint density at radius 1 is 0.867 bits per heavy atom. The number of rotatable bonds is 5. The van der Waals surface area contributed by atoms with E-state index in [1.54, 1.807) is 23.1 Å². The molecule has 0 saturated heterocycles. The van der Waals surface area contributed by atoms with Crippen LogP contribution in [-0.4, -0.2) is 24.7 Å². The molecule has 0 bridgehead atoms. The second-order valence-corrected chi connectivity index (χ2v) is 6.74. The third-order valence-corrected chi connectivity index (χ3v) is 4.81. The molecule has 3 aromatic heterocycles. The predicted octanol–water partition coefficient (Wildman–Crippen LogP) is 4.55. The van der Waals surface area contributed by atoms with Gasteiger partial charge in [-0.1, -0.05) is 36.4 Å². The van der Waals surface area contributed by atoms with Crippen molar-refractivity contribution in [1.82, 2.24) is 24.7 Å². The molecule has 1 N–H and O–H groups in total. The fourth-order valence-corrected chi connectivity index (χ4v) is 3.41. The Balaban J connectivity index is 1.59. The van der Waals surface area contributed by atoms with Gasteiger partial charge in [-0.15, -0.1) is 0 Å². The van der Waals surface area contributed by atoms with Gasteiger partial charge in [0.05, 0.1) is 29.0 Å². The van der Waals surface area contributed by atoms with Gasteiger partial charge >= 0.3 is 0 Å². The maximum atomic E-state index is 13.9. The average Bonchev–Trinajstić information content (AvgIpc) is 3.24. The topological polar surface area (TPSA) is 68.5 Å². The van der Waals surface area contributed by atoms with Crippen molar-refractivity contribution in [2.45, 2.75) is 6.04 Å². The molecule has 1 atom stereocenters. The average molecular weight is 396 g/mol. The summed E-state index contributed by atoms with van der Waals surface area (Å²) in [6, 6.07) is 21.5. The Morgan fingerprint density at radius 2 is 1.73 bits per heavy atom. The molecule has 1 unspecified atom stereocenters.